The normalized spacial score (nSPS) is 23.9. The van der Waals surface area contributed by atoms with Crippen LogP contribution in [0.4, 0.5) is 5.82 Å². The molecule has 0 spiro atoms. The molecule has 1 aromatic heterocycles. The molecule has 0 amide bonds. The van der Waals surface area contributed by atoms with Gasteiger partial charge in [-0.3, -0.25) is 0 Å². The summed E-state index contributed by atoms with van der Waals surface area (Å²) >= 11 is 0. The maximum absolute atomic E-state index is 5.49. The van der Waals surface area contributed by atoms with E-state index in [1.807, 2.05) is 6.07 Å². The summed E-state index contributed by atoms with van der Waals surface area (Å²) in [6.07, 6.45) is 1.16. The molecule has 0 bridgehead atoms. The fraction of sp³-hybridized carbons (Fsp3) is 0.667. The fourth-order valence-electron chi connectivity index (χ4n) is 1.85. The van der Waals surface area contributed by atoms with E-state index in [-0.39, 0.29) is 0 Å². The van der Waals surface area contributed by atoms with E-state index in [0.717, 1.165) is 31.8 Å². The van der Waals surface area contributed by atoms with Gasteiger partial charge in [-0.2, -0.15) is 0 Å². The van der Waals surface area contributed by atoms with Crippen molar-refractivity contribution in [3.63, 3.8) is 0 Å². The predicted octanol–water partition coefficient (Wildman–Crippen LogP) is 1.07. The summed E-state index contributed by atoms with van der Waals surface area (Å²) in [5, 5.41) is 3.70. The number of likely N-dealkylation sites (tertiary alicyclic amines) is 1. The monoisotopic (exact) mass is 181 g/mol. The number of nitrogens with two attached hydrogens (primary N) is 1. The van der Waals surface area contributed by atoms with Crippen molar-refractivity contribution in [2.45, 2.75) is 19.3 Å². The van der Waals surface area contributed by atoms with Gasteiger partial charge in [-0.05, 0) is 19.5 Å². The van der Waals surface area contributed by atoms with Crippen molar-refractivity contribution in [2.75, 3.05) is 25.4 Å². The van der Waals surface area contributed by atoms with E-state index in [2.05, 4.69) is 17.0 Å². The van der Waals surface area contributed by atoms with E-state index < -0.39 is 0 Å². The van der Waals surface area contributed by atoms with Gasteiger partial charge in [0.25, 0.3) is 0 Å². The fourth-order valence-corrected chi connectivity index (χ4v) is 1.85. The Kier molecular flexibility index (Phi) is 2.22. The molecule has 2 heterocycles. The second-order valence-electron chi connectivity index (χ2n) is 3.53. The summed E-state index contributed by atoms with van der Waals surface area (Å²) < 4.78 is 5.14. The smallest absolute Gasteiger partial charge is 0.167 e. The SMILES string of the molecule is CCN1CCC(c2cc(N)no2)C1. The molecule has 0 radical (unpaired) electrons. The number of hydrogen-bond donors (Lipinski definition) is 1. The van der Waals surface area contributed by atoms with E-state index in [9.17, 15) is 0 Å². The van der Waals surface area contributed by atoms with E-state index in [4.69, 9.17) is 10.3 Å². The van der Waals surface area contributed by atoms with Gasteiger partial charge in [0.1, 0.15) is 5.76 Å². The number of nitrogens with zero attached hydrogens (tertiary/aromatic N) is 2. The van der Waals surface area contributed by atoms with Crippen LogP contribution >= 0.6 is 0 Å². The average Bonchev–Trinajstić information content (AvgIpc) is 2.71. The van der Waals surface area contributed by atoms with Gasteiger partial charge in [0.15, 0.2) is 5.82 Å². The largest absolute Gasteiger partial charge is 0.381 e. The zero-order valence-corrected chi connectivity index (χ0v) is 7.86. The summed E-state index contributed by atoms with van der Waals surface area (Å²) in [6.45, 7) is 5.52. The standard InChI is InChI=1S/C9H15N3O/c1-2-12-4-3-7(6-12)8-5-9(10)11-13-8/h5,7H,2-4,6H2,1H3,(H2,10,11). The second kappa shape index (κ2) is 3.38. The van der Waals surface area contributed by atoms with Crippen molar-refractivity contribution in [2.24, 2.45) is 0 Å². The average molecular weight is 181 g/mol. The van der Waals surface area contributed by atoms with Crippen LogP contribution in [0, 0.1) is 0 Å². The van der Waals surface area contributed by atoms with Gasteiger partial charge in [-0.1, -0.05) is 12.1 Å². The van der Waals surface area contributed by atoms with Crippen molar-refractivity contribution in [1.82, 2.24) is 10.1 Å². The van der Waals surface area contributed by atoms with E-state index in [1.54, 1.807) is 0 Å². The molecule has 0 saturated carbocycles. The maximum Gasteiger partial charge on any atom is 0.167 e. The third-order valence-electron chi connectivity index (χ3n) is 2.67. The second-order valence-corrected chi connectivity index (χ2v) is 3.53. The van der Waals surface area contributed by atoms with Crippen molar-refractivity contribution in [3.05, 3.63) is 11.8 Å². The highest BCUT2D eigenvalue weighted by atomic mass is 16.5. The molecule has 1 saturated heterocycles. The van der Waals surface area contributed by atoms with Gasteiger partial charge in [0, 0.05) is 18.5 Å². The van der Waals surface area contributed by atoms with Crippen LogP contribution < -0.4 is 5.73 Å². The van der Waals surface area contributed by atoms with Gasteiger partial charge in [-0.25, -0.2) is 0 Å². The number of rotatable bonds is 2. The predicted molar refractivity (Wildman–Crippen MR) is 50.4 cm³/mol. The molecule has 2 rings (SSSR count). The van der Waals surface area contributed by atoms with Crippen molar-refractivity contribution in [3.8, 4) is 0 Å². The van der Waals surface area contributed by atoms with Gasteiger partial charge in [0.2, 0.25) is 0 Å². The molecule has 2 N–H and O–H groups in total. The number of likely N-dealkylation sites (N-methyl/N-ethyl adjacent to an activating group) is 1. The summed E-state index contributed by atoms with van der Waals surface area (Å²) in [6, 6.07) is 1.84. The summed E-state index contributed by atoms with van der Waals surface area (Å²) in [4.78, 5) is 2.41. The summed E-state index contributed by atoms with van der Waals surface area (Å²) in [5.41, 5.74) is 5.49. The molecule has 0 aliphatic carbocycles. The Balaban J connectivity index is 2.03. The molecule has 4 nitrogen and oxygen atoms in total. The Morgan fingerprint density at radius 1 is 1.77 bits per heavy atom. The molecule has 1 atom stereocenters. The Morgan fingerprint density at radius 3 is 3.15 bits per heavy atom. The summed E-state index contributed by atoms with van der Waals surface area (Å²) in [5.74, 6) is 1.92. The molecule has 0 aromatic carbocycles. The minimum atomic E-state index is 0.491. The number of anilines is 1. The van der Waals surface area contributed by atoms with E-state index >= 15 is 0 Å². The van der Waals surface area contributed by atoms with Gasteiger partial charge in [0.05, 0.1) is 0 Å². The minimum absolute atomic E-state index is 0.491. The molecule has 1 aliphatic rings. The van der Waals surface area contributed by atoms with Crippen LogP contribution in [0.1, 0.15) is 25.0 Å². The molecule has 1 aromatic rings. The molecule has 1 fully saturated rings. The first-order valence-corrected chi connectivity index (χ1v) is 4.74. The molecule has 13 heavy (non-hydrogen) atoms. The van der Waals surface area contributed by atoms with Gasteiger partial charge >= 0.3 is 0 Å². The number of aromatic nitrogens is 1. The van der Waals surface area contributed by atoms with Crippen LogP contribution in [0.25, 0.3) is 0 Å². The number of hydrogen-bond acceptors (Lipinski definition) is 4. The van der Waals surface area contributed by atoms with E-state index in [1.165, 1.54) is 0 Å². The molecular formula is C9H15N3O. The third-order valence-corrected chi connectivity index (χ3v) is 2.67. The maximum atomic E-state index is 5.49. The first-order valence-electron chi connectivity index (χ1n) is 4.74. The molecule has 1 unspecified atom stereocenters. The summed E-state index contributed by atoms with van der Waals surface area (Å²) in [7, 11) is 0. The Bertz CT molecular complexity index is 284. The Labute approximate surface area is 77.7 Å². The third kappa shape index (κ3) is 1.67. The molecule has 1 aliphatic heterocycles. The molecular weight excluding hydrogens is 166 g/mol. The zero-order chi connectivity index (χ0) is 9.26. The Hall–Kier alpha value is -1.03. The number of nitrogen functional groups attached to an aromatic ring is 1. The zero-order valence-electron chi connectivity index (χ0n) is 7.86. The van der Waals surface area contributed by atoms with Crippen molar-refractivity contribution >= 4 is 5.82 Å². The van der Waals surface area contributed by atoms with Crippen LogP contribution in [0.15, 0.2) is 10.6 Å². The van der Waals surface area contributed by atoms with Crippen LogP contribution in [-0.4, -0.2) is 29.7 Å². The first-order chi connectivity index (χ1) is 6.29. The van der Waals surface area contributed by atoms with Crippen molar-refractivity contribution < 1.29 is 4.52 Å². The van der Waals surface area contributed by atoms with Gasteiger partial charge in [-0.15, -0.1) is 0 Å². The lowest BCUT2D eigenvalue weighted by Crippen LogP contribution is -2.19. The highest BCUT2D eigenvalue weighted by Crippen LogP contribution is 2.27. The lowest BCUT2D eigenvalue weighted by molar-refractivity contribution is 0.331. The first kappa shape index (κ1) is 8.56. The molecule has 4 heteroatoms. The van der Waals surface area contributed by atoms with Gasteiger partial charge < -0.3 is 15.2 Å². The van der Waals surface area contributed by atoms with Crippen LogP contribution in [-0.2, 0) is 0 Å². The minimum Gasteiger partial charge on any atom is -0.381 e. The van der Waals surface area contributed by atoms with Crippen LogP contribution in [0.5, 0.6) is 0 Å². The highest BCUT2D eigenvalue weighted by Gasteiger charge is 2.25. The highest BCUT2D eigenvalue weighted by molar-refractivity contribution is 5.28. The van der Waals surface area contributed by atoms with Crippen molar-refractivity contribution in [1.29, 1.82) is 0 Å². The quantitative estimate of drug-likeness (QED) is 0.741. The molecule has 72 valence electrons. The lowest BCUT2D eigenvalue weighted by Gasteiger charge is -2.10. The van der Waals surface area contributed by atoms with E-state index in [0.29, 0.717) is 11.7 Å². The van der Waals surface area contributed by atoms with Crippen LogP contribution in [0.3, 0.4) is 0 Å². The lowest BCUT2D eigenvalue weighted by atomic mass is 10.1. The topological polar surface area (TPSA) is 55.3 Å². The Morgan fingerprint density at radius 2 is 2.62 bits per heavy atom. The van der Waals surface area contributed by atoms with Crippen LogP contribution in [0.2, 0.25) is 0 Å².